The second-order valence-corrected chi connectivity index (χ2v) is 9.37. The molecule has 0 saturated heterocycles. The van der Waals surface area contributed by atoms with Crippen LogP contribution >= 0.6 is 6.57 Å². The van der Waals surface area contributed by atoms with E-state index in [0.29, 0.717) is 0 Å². The van der Waals surface area contributed by atoms with E-state index in [4.69, 9.17) is 9.08 Å². The fraction of sp³-hybridized carbons (Fsp3) is 1.00. The van der Waals surface area contributed by atoms with Gasteiger partial charge in [-0.15, -0.1) is 0 Å². The summed E-state index contributed by atoms with van der Waals surface area (Å²) in [6.07, 6.45) is -0.504. The summed E-state index contributed by atoms with van der Waals surface area (Å²) >= 11 is 0. The molecule has 0 saturated carbocycles. The minimum atomic E-state index is -4.63. The van der Waals surface area contributed by atoms with E-state index in [9.17, 15) is 13.0 Å². The number of hydrogen-bond acceptors (Lipinski definition) is 4. The zero-order valence-corrected chi connectivity index (χ0v) is 9.80. The van der Waals surface area contributed by atoms with Crippen LogP contribution < -0.4 is 0 Å². The van der Waals surface area contributed by atoms with Crippen molar-refractivity contribution >= 4 is 45.9 Å². The Labute approximate surface area is 107 Å². The normalized spacial score (nSPS) is 16.5. The molecule has 1 atom stereocenters. The van der Waals surface area contributed by atoms with Gasteiger partial charge in [0.05, 0.1) is 6.10 Å². The topological polar surface area (TPSA) is 80.7 Å². The fourth-order valence-corrected chi connectivity index (χ4v) is 4.65. The standard InChI is InChI=1S/C6H15O5PS.Na.H/c1-5(2)11-12(7,6(3)4)13(8,9)10;;/h5-6H,1-4H3,(H,8,9,10);;. The summed E-state index contributed by atoms with van der Waals surface area (Å²) in [4.78, 5) is 0. The SMILES string of the molecule is CC(C)OP(=O)(C(C)C)S(=O)(=O)O.[NaH]. The van der Waals surface area contributed by atoms with E-state index >= 15 is 0 Å². The molecule has 5 nitrogen and oxygen atoms in total. The van der Waals surface area contributed by atoms with E-state index in [0.717, 1.165) is 0 Å². The fourth-order valence-electron chi connectivity index (χ4n) is 0.736. The molecule has 0 aliphatic rings. The molecule has 0 spiro atoms. The van der Waals surface area contributed by atoms with Gasteiger partial charge in [0, 0.05) is 5.66 Å². The van der Waals surface area contributed by atoms with Gasteiger partial charge in [-0.1, -0.05) is 13.8 Å². The Balaban J connectivity index is 0. The first-order valence-corrected chi connectivity index (χ1v) is 7.61. The van der Waals surface area contributed by atoms with Gasteiger partial charge in [-0.25, -0.2) is 0 Å². The monoisotopic (exact) mass is 254 g/mol. The van der Waals surface area contributed by atoms with Gasteiger partial charge in [-0.2, -0.15) is 8.42 Å². The van der Waals surface area contributed by atoms with Gasteiger partial charge >= 0.3 is 45.9 Å². The molecule has 0 aliphatic heterocycles. The van der Waals surface area contributed by atoms with Crippen molar-refractivity contribution in [3.05, 3.63) is 0 Å². The molecule has 8 heteroatoms. The van der Waals surface area contributed by atoms with Crippen LogP contribution in [0.2, 0.25) is 0 Å². The first-order valence-electron chi connectivity index (χ1n) is 3.87. The van der Waals surface area contributed by atoms with Crippen LogP contribution in [0.4, 0.5) is 0 Å². The minimum absolute atomic E-state index is 0. The van der Waals surface area contributed by atoms with Crippen LogP contribution in [0.25, 0.3) is 0 Å². The van der Waals surface area contributed by atoms with Gasteiger partial charge in [0.2, 0.25) is 0 Å². The zero-order valence-electron chi connectivity index (χ0n) is 8.09. The molecular weight excluding hydrogens is 238 g/mol. The average Bonchev–Trinajstić information content (AvgIpc) is 1.82. The Morgan fingerprint density at radius 2 is 1.57 bits per heavy atom. The molecule has 0 radical (unpaired) electrons. The van der Waals surface area contributed by atoms with Gasteiger partial charge in [0.15, 0.2) is 0 Å². The van der Waals surface area contributed by atoms with Crippen molar-refractivity contribution in [3.63, 3.8) is 0 Å². The Bertz CT molecular complexity index is 310. The molecule has 0 aliphatic carbocycles. The summed E-state index contributed by atoms with van der Waals surface area (Å²) in [6.45, 7) is 1.96. The maximum atomic E-state index is 11.7. The third-order valence-electron chi connectivity index (χ3n) is 1.31. The van der Waals surface area contributed by atoms with Gasteiger partial charge in [0.1, 0.15) is 0 Å². The van der Waals surface area contributed by atoms with Crippen molar-refractivity contribution in [2.75, 3.05) is 0 Å². The van der Waals surface area contributed by atoms with Crippen molar-refractivity contribution in [3.8, 4) is 0 Å². The molecule has 1 N–H and O–H groups in total. The van der Waals surface area contributed by atoms with Crippen LogP contribution in [-0.2, 0) is 18.8 Å². The first kappa shape index (κ1) is 17.5. The van der Waals surface area contributed by atoms with Gasteiger partial charge in [-0.05, 0) is 13.8 Å². The van der Waals surface area contributed by atoms with E-state index in [-0.39, 0.29) is 29.6 Å². The molecule has 0 amide bonds. The summed E-state index contributed by atoms with van der Waals surface area (Å²) in [5.41, 5.74) is -0.745. The third-order valence-corrected chi connectivity index (χ3v) is 7.39. The molecule has 82 valence electrons. The van der Waals surface area contributed by atoms with Crippen LogP contribution in [0.15, 0.2) is 0 Å². The van der Waals surface area contributed by atoms with E-state index in [1.165, 1.54) is 13.8 Å². The molecule has 0 aromatic rings. The summed E-state index contributed by atoms with van der Waals surface area (Å²) in [6, 6.07) is 0. The maximum absolute atomic E-state index is 11.7. The van der Waals surface area contributed by atoms with E-state index in [1.54, 1.807) is 13.8 Å². The van der Waals surface area contributed by atoms with Gasteiger partial charge in [0.25, 0.3) is 0 Å². The van der Waals surface area contributed by atoms with Crippen LogP contribution in [0.3, 0.4) is 0 Å². The Hall–Kier alpha value is 1.10. The second-order valence-electron chi connectivity index (χ2n) is 3.24. The summed E-state index contributed by atoms with van der Waals surface area (Å²) in [5, 5.41) is 0. The number of hydrogen-bond donors (Lipinski definition) is 1. The van der Waals surface area contributed by atoms with Crippen molar-refractivity contribution in [1.82, 2.24) is 0 Å². The molecule has 0 heterocycles. The van der Waals surface area contributed by atoms with Gasteiger partial charge < -0.3 is 4.52 Å². The van der Waals surface area contributed by atoms with E-state index in [1.807, 2.05) is 0 Å². The Morgan fingerprint density at radius 3 is 1.64 bits per heavy atom. The number of rotatable bonds is 4. The van der Waals surface area contributed by atoms with Crippen LogP contribution in [0.1, 0.15) is 27.7 Å². The third kappa shape index (κ3) is 4.31. The van der Waals surface area contributed by atoms with Crippen LogP contribution in [0, 0.1) is 0 Å². The predicted octanol–water partition coefficient (Wildman–Crippen LogP) is 1.25. The average molecular weight is 254 g/mol. The molecule has 14 heavy (non-hydrogen) atoms. The zero-order chi connectivity index (χ0) is 10.9. The van der Waals surface area contributed by atoms with Crippen molar-refractivity contribution in [1.29, 1.82) is 0 Å². The Morgan fingerprint density at radius 1 is 1.21 bits per heavy atom. The predicted molar refractivity (Wildman–Crippen MR) is 57.7 cm³/mol. The van der Waals surface area contributed by atoms with Crippen LogP contribution in [0.5, 0.6) is 0 Å². The van der Waals surface area contributed by atoms with Crippen LogP contribution in [-0.4, -0.2) is 54.3 Å². The Kier molecular flexibility index (Phi) is 7.48. The van der Waals surface area contributed by atoms with Crippen molar-refractivity contribution < 1.29 is 22.1 Å². The molecule has 0 aromatic carbocycles. The summed E-state index contributed by atoms with van der Waals surface area (Å²) < 4.78 is 46.8. The summed E-state index contributed by atoms with van der Waals surface area (Å²) in [5.74, 6) is 0. The van der Waals surface area contributed by atoms with E-state index in [2.05, 4.69) is 0 Å². The molecule has 0 rings (SSSR count). The van der Waals surface area contributed by atoms with Crippen molar-refractivity contribution in [2.45, 2.75) is 39.5 Å². The first-order chi connectivity index (χ1) is 5.61. The van der Waals surface area contributed by atoms with Crippen molar-refractivity contribution in [2.24, 2.45) is 0 Å². The molecule has 1 unspecified atom stereocenters. The summed E-state index contributed by atoms with van der Waals surface area (Å²) in [7, 11) is -4.63. The molecule has 0 fully saturated rings. The molecule has 0 bridgehead atoms. The van der Waals surface area contributed by atoms with E-state index < -0.39 is 28.1 Å². The molecular formula is C6H16NaO5PS. The quantitative estimate of drug-likeness (QED) is 0.464. The second kappa shape index (κ2) is 5.99. The van der Waals surface area contributed by atoms with Gasteiger partial charge in [-0.3, -0.25) is 9.12 Å². The molecule has 0 aromatic heterocycles.